The summed E-state index contributed by atoms with van der Waals surface area (Å²) in [6.45, 7) is 9.29. The molecule has 0 radical (unpaired) electrons. The van der Waals surface area contributed by atoms with Crippen LogP contribution in [0.3, 0.4) is 0 Å². The van der Waals surface area contributed by atoms with Crippen LogP contribution in [0.15, 0.2) is 24.3 Å². The fraction of sp³-hybridized carbons (Fsp3) is 0.550. The van der Waals surface area contributed by atoms with E-state index in [4.69, 9.17) is 0 Å². The van der Waals surface area contributed by atoms with Crippen LogP contribution in [0.1, 0.15) is 31.1 Å². The minimum absolute atomic E-state index is 0.0809. The van der Waals surface area contributed by atoms with Crippen LogP contribution in [-0.4, -0.2) is 89.2 Å². The summed E-state index contributed by atoms with van der Waals surface area (Å²) in [5.41, 5.74) is -0.0550. The third-order valence-corrected chi connectivity index (χ3v) is 5.20. The molecule has 1 aliphatic rings. The number of hydrogen-bond acceptors (Lipinski definition) is 6. The van der Waals surface area contributed by atoms with Gasteiger partial charge in [0.15, 0.2) is 0 Å². The molecule has 1 fully saturated rings. The molecular weight excluding hydrogens is 390 g/mol. The zero-order valence-electron chi connectivity index (χ0n) is 17.7. The SMILES string of the molecule is CCN(CC)C(=O)CN1CCN(C(=O)C(C)NC(=O)c2cccc([N+](=O)[O-])c2)CC1. The maximum absolute atomic E-state index is 12.7. The van der Waals surface area contributed by atoms with E-state index in [0.717, 1.165) is 0 Å². The third kappa shape index (κ3) is 5.99. The Bertz CT molecular complexity index is 788. The lowest BCUT2D eigenvalue weighted by atomic mass is 10.1. The first-order valence-electron chi connectivity index (χ1n) is 10.1. The maximum Gasteiger partial charge on any atom is 0.270 e. The van der Waals surface area contributed by atoms with Gasteiger partial charge in [0.1, 0.15) is 6.04 Å². The fourth-order valence-corrected chi connectivity index (χ4v) is 3.37. The number of nitro groups is 1. The van der Waals surface area contributed by atoms with E-state index in [1.807, 2.05) is 18.7 Å². The molecule has 3 amide bonds. The molecule has 1 N–H and O–H groups in total. The van der Waals surface area contributed by atoms with Gasteiger partial charge in [-0.2, -0.15) is 0 Å². The first kappa shape index (κ1) is 23.3. The van der Waals surface area contributed by atoms with Crippen LogP contribution in [0.25, 0.3) is 0 Å². The highest BCUT2D eigenvalue weighted by Crippen LogP contribution is 2.13. The number of carbonyl (C=O) groups excluding carboxylic acids is 3. The van der Waals surface area contributed by atoms with Gasteiger partial charge in [0.2, 0.25) is 11.8 Å². The van der Waals surface area contributed by atoms with Crippen LogP contribution in [0.2, 0.25) is 0 Å². The third-order valence-electron chi connectivity index (χ3n) is 5.20. The van der Waals surface area contributed by atoms with Crippen LogP contribution in [0.4, 0.5) is 5.69 Å². The minimum Gasteiger partial charge on any atom is -0.342 e. The Balaban J connectivity index is 1.86. The average molecular weight is 419 g/mol. The van der Waals surface area contributed by atoms with Gasteiger partial charge in [0.05, 0.1) is 11.5 Å². The summed E-state index contributed by atoms with van der Waals surface area (Å²) in [6.07, 6.45) is 0. The maximum atomic E-state index is 12.7. The highest BCUT2D eigenvalue weighted by atomic mass is 16.6. The summed E-state index contributed by atoms with van der Waals surface area (Å²) >= 11 is 0. The van der Waals surface area contributed by atoms with Crippen LogP contribution in [-0.2, 0) is 9.59 Å². The molecule has 10 nitrogen and oxygen atoms in total. The average Bonchev–Trinajstić information content (AvgIpc) is 2.74. The van der Waals surface area contributed by atoms with Gasteiger partial charge >= 0.3 is 0 Å². The van der Waals surface area contributed by atoms with Crippen molar-refractivity contribution in [3.8, 4) is 0 Å². The van der Waals surface area contributed by atoms with Crippen molar-refractivity contribution < 1.29 is 19.3 Å². The van der Waals surface area contributed by atoms with E-state index in [9.17, 15) is 24.5 Å². The lowest BCUT2D eigenvalue weighted by Gasteiger charge is -2.36. The first-order chi connectivity index (χ1) is 14.3. The Kier molecular flexibility index (Phi) is 8.28. The number of amides is 3. The zero-order chi connectivity index (χ0) is 22.3. The normalized spacial score (nSPS) is 15.4. The fourth-order valence-electron chi connectivity index (χ4n) is 3.37. The molecule has 1 atom stereocenters. The monoisotopic (exact) mass is 419 g/mol. The van der Waals surface area contributed by atoms with Crippen LogP contribution < -0.4 is 5.32 Å². The van der Waals surface area contributed by atoms with Crippen molar-refractivity contribution in [2.45, 2.75) is 26.8 Å². The van der Waals surface area contributed by atoms with Crippen molar-refractivity contribution in [2.24, 2.45) is 0 Å². The molecule has 0 saturated carbocycles. The number of rotatable bonds is 8. The highest BCUT2D eigenvalue weighted by molar-refractivity contribution is 5.97. The van der Waals surface area contributed by atoms with E-state index in [1.54, 1.807) is 16.7 Å². The van der Waals surface area contributed by atoms with Gasteiger partial charge < -0.3 is 15.1 Å². The molecule has 1 aliphatic heterocycles. The Morgan fingerprint density at radius 3 is 2.37 bits per heavy atom. The number of carbonyl (C=O) groups is 3. The summed E-state index contributed by atoms with van der Waals surface area (Å²) in [7, 11) is 0. The topological polar surface area (TPSA) is 116 Å². The van der Waals surface area contributed by atoms with Gasteiger partial charge in [0.25, 0.3) is 11.6 Å². The van der Waals surface area contributed by atoms with E-state index >= 15 is 0 Å². The molecule has 1 aromatic carbocycles. The lowest BCUT2D eigenvalue weighted by molar-refractivity contribution is -0.384. The van der Waals surface area contributed by atoms with Crippen LogP contribution >= 0.6 is 0 Å². The Morgan fingerprint density at radius 2 is 1.80 bits per heavy atom. The Labute approximate surface area is 176 Å². The van der Waals surface area contributed by atoms with E-state index in [0.29, 0.717) is 45.8 Å². The van der Waals surface area contributed by atoms with E-state index in [2.05, 4.69) is 5.32 Å². The van der Waals surface area contributed by atoms with Gasteiger partial charge in [-0.3, -0.25) is 29.4 Å². The van der Waals surface area contributed by atoms with Crippen molar-refractivity contribution >= 4 is 23.4 Å². The number of nitro benzene ring substituents is 1. The first-order valence-corrected chi connectivity index (χ1v) is 10.1. The van der Waals surface area contributed by atoms with Gasteiger partial charge in [-0.1, -0.05) is 6.07 Å². The second-order valence-corrected chi connectivity index (χ2v) is 7.17. The lowest BCUT2D eigenvalue weighted by Crippen LogP contribution is -2.55. The molecular formula is C20H29N5O5. The molecule has 1 unspecified atom stereocenters. The second kappa shape index (κ2) is 10.7. The van der Waals surface area contributed by atoms with Crippen molar-refractivity contribution in [1.29, 1.82) is 0 Å². The summed E-state index contributed by atoms with van der Waals surface area (Å²) in [5.74, 6) is -0.677. The summed E-state index contributed by atoms with van der Waals surface area (Å²) in [6, 6.07) is 4.61. The summed E-state index contributed by atoms with van der Waals surface area (Å²) < 4.78 is 0. The molecule has 2 rings (SSSR count). The smallest absolute Gasteiger partial charge is 0.270 e. The van der Waals surface area contributed by atoms with Crippen molar-refractivity contribution in [2.75, 3.05) is 45.8 Å². The molecule has 0 aromatic heterocycles. The van der Waals surface area contributed by atoms with Crippen molar-refractivity contribution in [1.82, 2.24) is 20.0 Å². The molecule has 10 heteroatoms. The van der Waals surface area contributed by atoms with Crippen LogP contribution in [0.5, 0.6) is 0 Å². The van der Waals surface area contributed by atoms with Crippen molar-refractivity contribution in [3.63, 3.8) is 0 Å². The molecule has 0 bridgehead atoms. The number of nitrogens with zero attached hydrogens (tertiary/aromatic N) is 4. The number of nitrogens with one attached hydrogen (secondary N) is 1. The number of likely N-dealkylation sites (N-methyl/N-ethyl adjacent to an activating group) is 1. The second-order valence-electron chi connectivity index (χ2n) is 7.17. The highest BCUT2D eigenvalue weighted by Gasteiger charge is 2.27. The van der Waals surface area contributed by atoms with Crippen LogP contribution in [0, 0.1) is 10.1 Å². The zero-order valence-corrected chi connectivity index (χ0v) is 17.7. The predicted molar refractivity (Wildman–Crippen MR) is 111 cm³/mol. The molecule has 1 aromatic rings. The molecule has 30 heavy (non-hydrogen) atoms. The van der Waals surface area contributed by atoms with Gasteiger partial charge in [0, 0.05) is 57.0 Å². The number of hydrogen-bond donors (Lipinski definition) is 1. The summed E-state index contributed by atoms with van der Waals surface area (Å²) in [5, 5.41) is 13.5. The number of benzene rings is 1. The standard InChI is InChI=1S/C20H29N5O5/c1-4-23(5-2)18(26)14-22-9-11-24(12-10-22)20(28)15(3)21-19(27)16-7-6-8-17(13-16)25(29)30/h6-8,13,15H,4-5,9-12,14H2,1-3H3,(H,21,27). The minimum atomic E-state index is -0.763. The summed E-state index contributed by atoms with van der Waals surface area (Å²) in [4.78, 5) is 53.0. The van der Waals surface area contributed by atoms with Gasteiger partial charge in [-0.15, -0.1) is 0 Å². The Hall–Kier alpha value is -3.01. The van der Waals surface area contributed by atoms with Gasteiger partial charge in [-0.25, -0.2) is 0 Å². The van der Waals surface area contributed by atoms with E-state index in [1.165, 1.54) is 24.3 Å². The largest absolute Gasteiger partial charge is 0.342 e. The van der Waals surface area contributed by atoms with Crippen molar-refractivity contribution in [3.05, 3.63) is 39.9 Å². The number of piperazine rings is 1. The molecule has 1 heterocycles. The Morgan fingerprint density at radius 1 is 1.17 bits per heavy atom. The van der Waals surface area contributed by atoms with E-state index < -0.39 is 16.9 Å². The number of non-ortho nitro benzene ring substituents is 1. The van der Waals surface area contributed by atoms with Gasteiger partial charge in [-0.05, 0) is 26.8 Å². The molecule has 164 valence electrons. The molecule has 1 saturated heterocycles. The predicted octanol–water partition coefficient (Wildman–Crippen LogP) is 0.726. The molecule has 0 spiro atoms. The molecule has 0 aliphatic carbocycles. The quantitative estimate of drug-likeness (QED) is 0.490. The van der Waals surface area contributed by atoms with E-state index in [-0.39, 0.29) is 23.1 Å².